The van der Waals surface area contributed by atoms with Gasteiger partial charge in [0, 0.05) is 12.1 Å². The fourth-order valence-electron chi connectivity index (χ4n) is 4.46. The summed E-state index contributed by atoms with van der Waals surface area (Å²) in [5.41, 5.74) is 3.12. The third-order valence-electron chi connectivity index (χ3n) is 7.18. The van der Waals surface area contributed by atoms with Crippen molar-refractivity contribution in [1.82, 2.24) is 0 Å². The van der Waals surface area contributed by atoms with E-state index >= 15 is 0 Å². The van der Waals surface area contributed by atoms with Crippen LogP contribution in [0.2, 0.25) is 0 Å². The van der Waals surface area contributed by atoms with Crippen LogP contribution in [0.15, 0.2) is 104 Å². The number of azo groups is 2. The second-order valence-corrected chi connectivity index (χ2v) is 11.0. The maximum Gasteiger partial charge on any atom is 0.279 e. The maximum atomic E-state index is 13.2. The molecule has 0 unspecified atom stereocenters. The van der Waals surface area contributed by atoms with Crippen LogP contribution in [-0.4, -0.2) is 36.2 Å². The van der Waals surface area contributed by atoms with Gasteiger partial charge in [-0.15, -0.1) is 10.2 Å². The minimum atomic E-state index is -0.754. The number of nitrogens with one attached hydrogen (secondary N) is 2. The number of hydrogen-bond acceptors (Lipinski definition) is 10. The number of allylic oxidation sites excluding steroid dienone is 2. The van der Waals surface area contributed by atoms with Crippen LogP contribution in [-0.2, 0) is 22.4 Å². The number of ether oxygens (including phenoxy) is 2. The quantitative estimate of drug-likeness (QED) is 0.0681. The second kappa shape index (κ2) is 18.6. The molecule has 0 heterocycles. The molecular weight excluding hydrogens is 612 g/mol. The number of methoxy groups -OCH3 is 2. The molecule has 12 heteroatoms. The summed E-state index contributed by atoms with van der Waals surface area (Å²) in [6.45, 7) is 6.92. The largest absolute Gasteiger partial charge is 0.510 e. The first-order chi connectivity index (χ1) is 23.1. The number of aryl methyl sites for hydroxylation is 2. The predicted molar refractivity (Wildman–Crippen MR) is 187 cm³/mol. The molecule has 4 N–H and O–H groups in total. The summed E-state index contributed by atoms with van der Waals surface area (Å²) in [4.78, 5) is 26.4. The standard InChI is InChI=1S/C36H44N6O6/c1-7-9-11-25-13-17-27(18-14-25)39-41-33(23(3)43)35(45)37-29-21-32(48-6)30(22-31(29)47-5)38-36(46)34(24(4)44)42-40-28-19-15-26(16-20-28)12-10-8-2/h13-22,43-44H,7-12H2,1-6H3,(H,37,45)(H,38,46)/b33-23-,34-24+,41-39?,42-40?. The summed E-state index contributed by atoms with van der Waals surface area (Å²) >= 11 is 0. The van der Waals surface area contributed by atoms with Gasteiger partial charge in [0.2, 0.25) is 0 Å². The number of amides is 2. The Balaban J connectivity index is 1.78. The fraction of sp³-hybridized carbons (Fsp3) is 0.333. The molecule has 2 amide bonds. The van der Waals surface area contributed by atoms with Crippen molar-refractivity contribution in [1.29, 1.82) is 0 Å². The molecule has 0 aliphatic carbocycles. The van der Waals surface area contributed by atoms with E-state index in [0.29, 0.717) is 11.4 Å². The van der Waals surface area contributed by atoms with Crippen molar-refractivity contribution in [3.63, 3.8) is 0 Å². The molecular formula is C36H44N6O6. The number of rotatable bonds is 16. The van der Waals surface area contributed by atoms with Gasteiger partial charge in [0.05, 0.1) is 37.0 Å². The summed E-state index contributed by atoms with van der Waals surface area (Å²) in [5, 5.41) is 42.0. The number of unbranched alkanes of at least 4 members (excludes halogenated alkanes) is 2. The van der Waals surface area contributed by atoms with E-state index in [1.807, 2.05) is 24.3 Å². The molecule has 0 aliphatic rings. The third-order valence-corrected chi connectivity index (χ3v) is 7.18. The van der Waals surface area contributed by atoms with Crippen molar-refractivity contribution >= 4 is 34.6 Å². The number of carbonyl (C=O) groups is 2. The number of aliphatic hydroxyl groups is 2. The topological polar surface area (TPSA) is 167 Å². The summed E-state index contributed by atoms with van der Waals surface area (Å²) in [6.07, 6.45) is 6.28. The zero-order valence-corrected chi connectivity index (χ0v) is 28.3. The normalized spacial score (nSPS) is 12.5. The zero-order chi connectivity index (χ0) is 35.1. The number of aliphatic hydroxyl groups excluding tert-OH is 2. The van der Waals surface area contributed by atoms with Gasteiger partial charge in [-0.1, -0.05) is 51.0 Å². The molecule has 0 spiro atoms. The monoisotopic (exact) mass is 656 g/mol. The van der Waals surface area contributed by atoms with Gasteiger partial charge in [0.1, 0.15) is 23.0 Å². The predicted octanol–water partition coefficient (Wildman–Crippen LogP) is 9.41. The van der Waals surface area contributed by atoms with Crippen molar-refractivity contribution in [2.24, 2.45) is 20.5 Å². The van der Waals surface area contributed by atoms with Crippen molar-refractivity contribution < 1.29 is 29.3 Å². The molecule has 0 bridgehead atoms. The lowest BCUT2D eigenvalue weighted by atomic mass is 10.1. The van der Waals surface area contributed by atoms with E-state index in [1.165, 1.54) is 51.3 Å². The molecule has 0 radical (unpaired) electrons. The van der Waals surface area contributed by atoms with Gasteiger partial charge in [0.15, 0.2) is 11.4 Å². The van der Waals surface area contributed by atoms with E-state index in [4.69, 9.17) is 9.47 Å². The molecule has 0 aliphatic heterocycles. The molecule has 254 valence electrons. The Kier molecular flexibility index (Phi) is 14.3. The lowest BCUT2D eigenvalue weighted by Gasteiger charge is -2.16. The van der Waals surface area contributed by atoms with Crippen LogP contribution in [0.5, 0.6) is 11.5 Å². The fourth-order valence-corrected chi connectivity index (χ4v) is 4.46. The maximum absolute atomic E-state index is 13.2. The molecule has 48 heavy (non-hydrogen) atoms. The molecule has 0 saturated heterocycles. The molecule has 3 rings (SSSR count). The van der Waals surface area contributed by atoms with Gasteiger partial charge >= 0.3 is 0 Å². The van der Waals surface area contributed by atoms with E-state index in [2.05, 4.69) is 44.9 Å². The van der Waals surface area contributed by atoms with Gasteiger partial charge in [-0.05, 0) is 74.9 Å². The number of hydrogen-bond donors (Lipinski definition) is 4. The smallest absolute Gasteiger partial charge is 0.279 e. The Hall–Kier alpha value is -5.52. The van der Waals surface area contributed by atoms with Crippen molar-refractivity contribution in [2.75, 3.05) is 24.9 Å². The minimum Gasteiger partial charge on any atom is -0.510 e. The van der Waals surface area contributed by atoms with Crippen LogP contribution < -0.4 is 20.1 Å². The molecule has 3 aromatic carbocycles. The highest BCUT2D eigenvalue weighted by atomic mass is 16.5. The Morgan fingerprint density at radius 1 is 0.646 bits per heavy atom. The van der Waals surface area contributed by atoms with Crippen LogP contribution in [0.25, 0.3) is 0 Å². The van der Waals surface area contributed by atoms with Gasteiger partial charge in [-0.2, -0.15) is 10.2 Å². The molecule has 3 aromatic rings. The first kappa shape index (κ1) is 36.9. The van der Waals surface area contributed by atoms with Crippen molar-refractivity contribution in [3.05, 3.63) is 94.7 Å². The summed E-state index contributed by atoms with van der Waals surface area (Å²) < 4.78 is 10.9. The molecule has 0 atom stereocenters. The lowest BCUT2D eigenvalue weighted by Crippen LogP contribution is -2.17. The summed E-state index contributed by atoms with van der Waals surface area (Å²) in [6, 6.07) is 17.8. The lowest BCUT2D eigenvalue weighted by molar-refractivity contribution is -0.114. The van der Waals surface area contributed by atoms with E-state index in [9.17, 15) is 19.8 Å². The van der Waals surface area contributed by atoms with Gasteiger partial charge in [-0.25, -0.2) is 0 Å². The highest BCUT2D eigenvalue weighted by Crippen LogP contribution is 2.37. The number of benzene rings is 3. The molecule has 0 fully saturated rings. The summed E-state index contributed by atoms with van der Waals surface area (Å²) in [5.74, 6) is -1.88. The Morgan fingerprint density at radius 3 is 1.29 bits per heavy atom. The average molecular weight is 657 g/mol. The van der Waals surface area contributed by atoms with E-state index in [0.717, 1.165) is 38.5 Å². The number of anilines is 2. The molecule has 0 aromatic heterocycles. The van der Waals surface area contributed by atoms with E-state index < -0.39 is 11.8 Å². The third kappa shape index (κ3) is 10.8. The zero-order valence-electron chi connectivity index (χ0n) is 28.3. The first-order valence-corrected chi connectivity index (χ1v) is 15.8. The van der Waals surface area contributed by atoms with Gasteiger partial charge in [-0.3, -0.25) is 9.59 Å². The van der Waals surface area contributed by atoms with Crippen LogP contribution >= 0.6 is 0 Å². The van der Waals surface area contributed by atoms with Crippen LogP contribution in [0.1, 0.15) is 64.5 Å². The number of carbonyl (C=O) groups excluding carboxylic acids is 2. The Morgan fingerprint density at radius 2 is 1.00 bits per heavy atom. The van der Waals surface area contributed by atoms with Crippen LogP contribution in [0, 0.1) is 0 Å². The average Bonchev–Trinajstić information content (AvgIpc) is 3.07. The highest BCUT2D eigenvalue weighted by Gasteiger charge is 2.21. The molecule has 0 saturated carbocycles. The Labute approximate surface area is 281 Å². The van der Waals surface area contributed by atoms with Crippen LogP contribution in [0.4, 0.5) is 22.7 Å². The SMILES string of the molecule is CCCCc1ccc(N=N/C(C(=O)Nc2cc(OC)c(NC(=O)/C(N=Nc3ccc(CCCC)cc3)=C(/C)O)cc2OC)=C(/C)O)cc1. The van der Waals surface area contributed by atoms with E-state index in [-0.39, 0.29) is 45.8 Å². The first-order valence-electron chi connectivity index (χ1n) is 15.8. The van der Waals surface area contributed by atoms with Gasteiger partial charge < -0.3 is 30.3 Å². The molecule has 12 nitrogen and oxygen atoms in total. The van der Waals surface area contributed by atoms with E-state index in [1.54, 1.807) is 24.3 Å². The van der Waals surface area contributed by atoms with Crippen molar-refractivity contribution in [2.45, 2.75) is 66.2 Å². The number of nitrogens with zero attached hydrogens (tertiary/aromatic N) is 4. The van der Waals surface area contributed by atoms with Gasteiger partial charge in [0.25, 0.3) is 11.8 Å². The highest BCUT2D eigenvalue weighted by molar-refractivity contribution is 6.07. The minimum absolute atomic E-state index is 0.157. The van der Waals surface area contributed by atoms with Crippen LogP contribution in [0.3, 0.4) is 0 Å². The summed E-state index contributed by atoms with van der Waals surface area (Å²) in [7, 11) is 2.76. The van der Waals surface area contributed by atoms with Crippen molar-refractivity contribution in [3.8, 4) is 11.5 Å². The Bertz CT molecular complexity index is 1540. The second-order valence-electron chi connectivity index (χ2n) is 11.0.